The van der Waals surface area contributed by atoms with Gasteiger partial charge in [-0.15, -0.1) is 0 Å². The number of nitrogens with zero attached hydrogens (tertiary/aromatic N) is 4. The largest absolute Gasteiger partial charge is 0.399 e. The smallest absolute Gasteiger partial charge is 0.227 e. The molecule has 0 atom stereocenters. The van der Waals surface area contributed by atoms with Crippen LogP contribution in [0.3, 0.4) is 0 Å². The Morgan fingerprint density at radius 1 is 1.21 bits per heavy atom. The molecular formula is C12H12N6O. The van der Waals surface area contributed by atoms with Gasteiger partial charge in [-0.1, -0.05) is 23.4 Å². The zero-order valence-electron chi connectivity index (χ0n) is 10.1. The monoisotopic (exact) mass is 256 g/mol. The molecule has 7 heteroatoms. The van der Waals surface area contributed by atoms with Gasteiger partial charge in [0, 0.05) is 12.1 Å². The van der Waals surface area contributed by atoms with E-state index in [-0.39, 0.29) is 0 Å². The Hall–Kier alpha value is -2.70. The van der Waals surface area contributed by atoms with Crippen molar-refractivity contribution in [2.75, 3.05) is 5.73 Å². The highest BCUT2D eigenvalue weighted by molar-refractivity contribution is 5.47. The summed E-state index contributed by atoms with van der Waals surface area (Å²) >= 11 is 0. The lowest BCUT2D eigenvalue weighted by molar-refractivity contribution is 0.379. The van der Waals surface area contributed by atoms with E-state index in [1.807, 2.05) is 24.3 Å². The van der Waals surface area contributed by atoms with Crippen LogP contribution in [-0.4, -0.2) is 25.6 Å². The molecule has 3 N–H and O–H groups in total. The molecule has 0 aliphatic carbocycles. The third-order valence-electron chi connectivity index (χ3n) is 2.78. The van der Waals surface area contributed by atoms with Crippen LogP contribution in [-0.2, 0) is 12.8 Å². The first kappa shape index (κ1) is 11.4. The Morgan fingerprint density at radius 2 is 2.11 bits per heavy atom. The van der Waals surface area contributed by atoms with Gasteiger partial charge in [0.05, 0.1) is 6.20 Å². The van der Waals surface area contributed by atoms with Crippen molar-refractivity contribution >= 4 is 5.69 Å². The van der Waals surface area contributed by atoms with E-state index in [4.69, 9.17) is 10.3 Å². The number of nitrogens with two attached hydrogens (primary N) is 1. The van der Waals surface area contributed by atoms with Gasteiger partial charge < -0.3 is 10.3 Å². The van der Waals surface area contributed by atoms with Crippen molar-refractivity contribution in [2.24, 2.45) is 0 Å². The van der Waals surface area contributed by atoms with Crippen LogP contribution >= 0.6 is 0 Å². The number of rotatable bonds is 4. The first-order chi connectivity index (χ1) is 9.33. The lowest BCUT2D eigenvalue weighted by Gasteiger charge is -2.02. The molecule has 0 aliphatic heterocycles. The van der Waals surface area contributed by atoms with Gasteiger partial charge >= 0.3 is 0 Å². The first-order valence-corrected chi connectivity index (χ1v) is 5.85. The molecule has 0 saturated carbocycles. The number of para-hydroxylation sites is 1. The summed E-state index contributed by atoms with van der Waals surface area (Å²) in [5.74, 6) is 0.992. The molecule has 2 aromatic heterocycles. The summed E-state index contributed by atoms with van der Waals surface area (Å²) in [7, 11) is 0. The Labute approximate surface area is 108 Å². The maximum Gasteiger partial charge on any atom is 0.227 e. The molecule has 0 fully saturated rings. The second kappa shape index (κ2) is 4.89. The number of aryl methyl sites for hydroxylation is 2. The molecule has 0 aliphatic rings. The van der Waals surface area contributed by atoms with Crippen LogP contribution in [0.25, 0.3) is 11.5 Å². The number of aromatic nitrogens is 5. The lowest BCUT2D eigenvalue weighted by Crippen LogP contribution is -1.97. The molecule has 3 rings (SSSR count). The summed E-state index contributed by atoms with van der Waals surface area (Å²) in [4.78, 5) is 4.26. The second-order valence-corrected chi connectivity index (χ2v) is 4.07. The number of aromatic amines is 1. The summed E-state index contributed by atoms with van der Waals surface area (Å²) in [6.07, 6.45) is 2.94. The topological polar surface area (TPSA) is 107 Å². The molecule has 0 spiro atoms. The van der Waals surface area contributed by atoms with Crippen LogP contribution in [0.2, 0.25) is 0 Å². The molecule has 0 amide bonds. The molecule has 0 bridgehead atoms. The fourth-order valence-electron chi connectivity index (χ4n) is 1.77. The van der Waals surface area contributed by atoms with Gasteiger partial charge in [0.25, 0.3) is 0 Å². The Bertz CT molecular complexity index is 660. The number of anilines is 1. The fraction of sp³-hybridized carbons (Fsp3) is 0.167. The average Bonchev–Trinajstić information content (AvgIpc) is 3.09. The number of hydrogen-bond donors (Lipinski definition) is 2. The molecule has 7 nitrogen and oxygen atoms in total. The predicted octanol–water partition coefficient (Wildman–Crippen LogP) is 1.22. The SMILES string of the molecule is Nc1ccccc1CCc1nc(-c2cn[nH]n2)no1. The minimum atomic E-state index is 0.435. The van der Waals surface area contributed by atoms with E-state index >= 15 is 0 Å². The molecular weight excluding hydrogens is 244 g/mol. The molecule has 0 saturated heterocycles. The Morgan fingerprint density at radius 3 is 2.89 bits per heavy atom. The van der Waals surface area contributed by atoms with Crippen molar-refractivity contribution in [3.8, 4) is 11.5 Å². The van der Waals surface area contributed by atoms with E-state index in [1.54, 1.807) is 6.20 Å². The summed E-state index contributed by atoms with van der Waals surface area (Å²) in [5.41, 5.74) is 8.29. The zero-order chi connectivity index (χ0) is 13.1. The van der Waals surface area contributed by atoms with E-state index in [0.29, 0.717) is 23.8 Å². The van der Waals surface area contributed by atoms with Gasteiger partial charge in [-0.05, 0) is 18.1 Å². The Kier molecular flexibility index (Phi) is 2.93. The maximum atomic E-state index is 5.88. The summed E-state index contributed by atoms with van der Waals surface area (Å²) in [5, 5.41) is 13.9. The van der Waals surface area contributed by atoms with Crippen molar-refractivity contribution in [1.82, 2.24) is 25.6 Å². The quantitative estimate of drug-likeness (QED) is 0.680. The minimum Gasteiger partial charge on any atom is -0.399 e. The molecule has 96 valence electrons. The standard InChI is InChI=1S/C12H12N6O/c13-9-4-2-1-3-8(9)5-6-11-15-12(17-19-11)10-7-14-18-16-10/h1-4,7H,5-6,13H2,(H,14,16,18). The van der Waals surface area contributed by atoms with Crippen LogP contribution in [0.1, 0.15) is 11.5 Å². The normalized spacial score (nSPS) is 10.7. The molecule has 19 heavy (non-hydrogen) atoms. The second-order valence-electron chi connectivity index (χ2n) is 4.07. The third-order valence-corrected chi connectivity index (χ3v) is 2.78. The maximum absolute atomic E-state index is 5.88. The zero-order valence-corrected chi connectivity index (χ0v) is 10.1. The summed E-state index contributed by atoms with van der Waals surface area (Å²) < 4.78 is 5.17. The van der Waals surface area contributed by atoms with Crippen molar-refractivity contribution in [3.63, 3.8) is 0 Å². The van der Waals surface area contributed by atoms with Crippen LogP contribution in [0.4, 0.5) is 5.69 Å². The van der Waals surface area contributed by atoms with Gasteiger partial charge in [-0.3, -0.25) is 0 Å². The minimum absolute atomic E-state index is 0.435. The van der Waals surface area contributed by atoms with Crippen molar-refractivity contribution < 1.29 is 4.52 Å². The van der Waals surface area contributed by atoms with Gasteiger partial charge in [-0.25, -0.2) is 0 Å². The van der Waals surface area contributed by atoms with Gasteiger partial charge in [0.2, 0.25) is 11.7 Å². The molecule has 2 heterocycles. The summed E-state index contributed by atoms with van der Waals surface area (Å²) in [6, 6.07) is 7.74. The molecule has 0 unspecified atom stereocenters. The van der Waals surface area contributed by atoms with Crippen molar-refractivity contribution in [1.29, 1.82) is 0 Å². The summed E-state index contributed by atoms with van der Waals surface area (Å²) in [6.45, 7) is 0. The Balaban J connectivity index is 1.70. The number of H-pyrrole nitrogens is 1. The van der Waals surface area contributed by atoms with Gasteiger partial charge in [-0.2, -0.15) is 20.4 Å². The van der Waals surface area contributed by atoms with E-state index in [0.717, 1.165) is 17.7 Å². The fourth-order valence-corrected chi connectivity index (χ4v) is 1.77. The molecule has 0 radical (unpaired) electrons. The predicted molar refractivity (Wildman–Crippen MR) is 67.9 cm³/mol. The van der Waals surface area contributed by atoms with E-state index in [1.165, 1.54) is 0 Å². The van der Waals surface area contributed by atoms with Crippen LogP contribution in [0.5, 0.6) is 0 Å². The number of benzene rings is 1. The van der Waals surface area contributed by atoms with E-state index < -0.39 is 0 Å². The van der Waals surface area contributed by atoms with Crippen molar-refractivity contribution in [2.45, 2.75) is 12.8 Å². The van der Waals surface area contributed by atoms with Gasteiger partial charge in [0.15, 0.2) is 5.69 Å². The average molecular weight is 256 g/mol. The number of nitrogens with one attached hydrogen (secondary N) is 1. The van der Waals surface area contributed by atoms with Crippen molar-refractivity contribution in [3.05, 3.63) is 41.9 Å². The molecule has 3 aromatic rings. The molecule has 1 aromatic carbocycles. The number of hydrogen-bond acceptors (Lipinski definition) is 6. The van der Waals surface area contributed by atoms with Crippen LogP contribution in [0.15, 0.2) is 35.0 Å². The lowest BCUT2D eigenvalue weighted by atomic mass is 10.1. The van der Waals surface area contributed by atoms with Crippen LogP contribution in [0, 0.1) is 0 Å². The highest BCUT2D eigenvalue weighted by Gasteiger charge is 2.11. The number of nitrogen functional groups attached to an aromatic ring is 1. The van der Waals surface area contributed by atoms with E-state index in [9.17, 15) is 0 Å². The third kappa shape index (κ3) is 2.44. The first-order valence-electron chi connectivity index (χ1n) is 5.85. The highest BCUT2D eigenvalue weighted by Crippen LogP contribution is 2.15. The highest BCUT2D eigenvalue weighted by atomic mass is 16.5. The van der Waals surface area contributed by atoms with Crippen LogP contribution < -0.4 is 5.73 Å². The van der Waals surface area contributed by atoms with Gasteiger partial charge in [0.1, 0.15) is 0 Å². The van der Waals surface area contributed by atoms with E-state index in [2.05, 4.69) is 25.6 Å².